The molecule has 0 amide bonds. The van der Waals surface area contributed by atoms with Crippen LogP contribution in [-0.2, 0) is 16.0 Å². The third kappa shape index (κ3) is 2.94. The van der Waals surface area contributed by atoms with Crippen LogP contribution in [0.15, 0.2) is 4.52 Å². The van der Waals surface area contributed by atoms with Gasteiger partial charge in [0.05, 0.1) is 5.41 Å². The number of hydrogen-bond acceptors (Lipinski definition) is 5. The second-order valence-electron chi connectivity index (χ2n) is 5.25. The quantitative estimate of drug-likeness (QED) is 0.882. The zero-order valence-corrected chi connectivity index (χ0v) is 11.4. The molecule has 106 valence electrons. The minimum atomic E-state index is -0.758. The van der Waals surface area contributed by atoms with E-state index < -0.39 is 11.4 Å². The first-order valence-corrected chi connectivity index (χ1v) is 6.66. The van der Waals surface area contributed by atoms with Gasteiger partial charge in [-0.3, -0.25) is 4.79 Å². The summed E-state index contributed by atoms with van der Waals surface area (Å²) in [4.78, 5) is 15.8. The van der Waals surface area contributed by atoms with Crippen LogP contribution in [0.3, 0.4) is 0 Å². The van der Waals surface area contributed by atoms with Gasteiger partial charge in [0.1, 0.15) is 6.10 Å². The summed E-state index contributed by atoms with van der Waals surface area (Å²) in [5.41, 5.74) is -0.738. The topological polar surface area (TPSA) is 85.5 Å². The molecule has 1 N–H and O–H groups in total. The molecular weight excluding hydrogens is 248 g/mol. The highest BCUT2D eigenvalue weighted by atomic mass is 16.5. The summed E-state index contributed by atoms with van der Waals surface area (Å²) in [6.07, 6.45) is 4.42. The maximum atomic E-state index is 11.6. The lowest BCUT2D eigenvalue weighted by Gasteiger charge is -2.31. The molecule has 1 aromatic heterocycles. The molecule has 0 spiro atoms. The van der Waals surface area contributed by atoms with Gasteiger partial charge in [0, 0.05) is 13.5 Å². The molecule has 1 fully saturated rings. The Morgan fingerprint density at radius 3 is 2.74 bits per heavy atom. The second kappa shape index (κ2) is 5.69. The molecule has 0 bridgehead atoms. The number of rotatable bonds is 5. The lowest BCUT2D eigenvalue weighted by Crippen LogP contribution is -2.35. The number of carbonyl (C=O) groups is 1. The SMILES string of the molecule is COC(C)c1noc(CC2(C(=O)O)CCCCC2)n1. The number of ether oxygens (including phenoxy) is 1. The molecule has 1 aliphatic carbocycles. The fourth-order valence-corrected chi connectivity index (χ4v) is 2.59. The maximum absolute atomic E-state index is 11.6. The highest BCUT2D eigenvalue weighted by Gasteiger charge is 2.41. The van der Waals surface area contributed by atoms with Gasteiger partial charge in [-0.05, 0) is 19.8 Å². The van der Waals surface area contributed by atoms with E-state index in [-0.39, 0.29) is 6.10 Å². The van der Waals surface area contributed by atoms with Crippen LogP contribution in [0.25, 0.3) is 0 Å². The van der Waals surface area contributed by atoms with E-state index in [2.05, 4.69) is 10.1 Å². The molecule has 0 aromatic carbocycles. The van der Waals surface area contributed by atoms with Crippen molar-refractivity contribution in [1.29, 1.82) is 0 Å². The average Bonchev–Trinajstić information content (AvgIpc) is 2.87. The van der Waals surface area contributed by atoms with Crippen LogP contribution in [0.4, 0.5) is 0 Å². The molecule has 6 nitrogen and oxygen atoms in total. The number of aliphatic carboxylic acids is 1. The summed E-state index contributed by atoms with van der Waals surface area (Å²) in [6, 6.07) is 0. The van der Waals surface area contributed by atoms with Gasteiger partial charge in [0.2, 0.25) is 5.89 Å². The Labute approximate surface area is 112 Å². The van der Waals surface area contributed by atoms with E-state index in [9.17, 15) is 9.90 Å². The molecule has 1 atom stereocenters. The predicted molar refractivity (Wildman–Crippen MR) is 66.6 cm³/mol. The van der Waals surface area contributed by atoms with Crippen molar-refractivity contribution in [3.8, 4) is 0 Å². The average molecular weight is 268 g/mol. The third-order valence-corrected chi connectivity index (χ3v) is 3.95. The van der Waals surface area contributed by atoms with Crippen LogP contribution < -0.4 is 0 Å². The minimum absolute atomic E-state index is 0.246. The molecule has 1 heterocycles. The summed E-state index contributed by atoms with van der Waals surface area (Å²) >= 11 is 0. The number of carboxylic acid groups (broad SMARTS) is 1. The smallest absolute Gasteiger partial charge is 0.310 e. The van der Waals surface area contributed by atoms with Gasteiger partial charge in [-0.2, -0.15) is 4.98 Å². The number of carboxylic acids is 1. The monoisotopic (exact) mass is 268 g/mol. The van der Waals surface area contributed by atoms with Crippen LogP contribution in [0.5, 0.6) is 0 Å². The van der Waals surface area contributed by atoms with Gasteiger partial charge in [0.15, 0.2) is 5.82 Å². The maximum Gasteiger partial charge on any atom is 0.310 e. The third-order valence-electron chi connectivity index (χ3n) is 3.95. The Kier molecular flexibility index (Phi) is 4.19. The second-order valence-corrected chi connectivity index (χ2v) is 5.25. The van der Waals surface area contributed by atoms with E-state index in [0.29, 0.717) is 31.0 Å². The van der Waals surface area contributed by atoms with Crippen molar-refractivity contribution < 1.29 is 19.2 Å². The van der Waals surface area contributed by atoms with Crippen LogP contribution in [-0.4, -0.2) is 28.3 Å². The highest BCUT2D eigenvalue weighted by Crippen LogP contribution is 2.39. The van der Waals surface area contributed by atoms with Crippen LogP contribution in [0.2, 0.25) is 0 Å². The van der Waals surface area contributed by atoms with E-state index in [1.807, 2.05) is 6.92 Å². The molecule has 1 saturated carbocycles. The zero-order chi connectivity index (χ0) is 13.9. The van der Waals surface area contributed by atoms with Crippen molar-refractivity contribution in [3.63, 3.8) is 0 Å². The molecule has 0 aliphatic heterocycles. The summed E-state index contributed by atoms with van der Waals surface area (Å²) in [7, 11) is 1.57. The van der Waals surface area contributed by atoms with Crippen LogP contribution >= 0.6 is 0 Å². The molecule has 0 saturated heterocycles. The normalized spacial score (nSPS) is 20.1. The Hall–Kier alpha value is -1.43. The molecule has 6 heteroatoms. The lowest BCUT2D eigenvalue weighted by molar-refractivity contribution is -0.151. The van der Waals surface area contributed by atoms with Gasteiger partial charge in [-0.1, -0.05) is 24.4 Å². The van der Waals surface area contributed by atoms with E-state index in [4.69, 9.17) is 9.26 Å². The van der Waals surface area contributed by atoms with Crippen molar-refractivity contribution in [3.05, 3.63) is 11.7 Å². The Morgan fingerprint density at radius 2 is 2.16 bits per heavy atom. The predicted octanol–water partition coefficient (Wildman–Crippen LogP) is 2.35. The molecular formula is C13H20N2O4. The largest absolute Gasteiger partial charge is 0.481 e. The standard InChI is InChI=1S/C13H20N2O4/c1-9(18-2)11-14-10(19-15-11)8-13(12(16)17)6-4-3-5-7-13/h9H,3-8H2,1-2H3,(H,16,17). The van der Waals surface area contributed by atoms with Crippen molar-refractivity contribution in [2.45, 2.75) is 51.6 Å². The molecule has 1 unspecified atom stereocenters. The molecule has 0 radical (unpaired) electrons. The zero-order valence-electron chi connectivity index (χ0n) is 11.4. The Balaban J connectivity index is 2.13. The molecule has 19 heavy (non-hydrogen) atoms. The Bertz CT molecular complexity index is 438. The van der Waals surface area contributed by atoms with Gasteiger partial charge in [-0.25, -0.2) is 0 Å². The first-order chi connectivity index (χ1) is 9.07. The molecule has 1 aliphatic rings. The first-order valence-electron chi connectivity index (χ1n) is 6.66. The molecule has 2 rings (SSSR count). The van der Waals surface area contributed by atoms with Gasteiger partial charge in [-0.15, -0.1) is 0 Å². The van der Waals surface area contributed by atoms with Gasteiger partial charge in [0.25, 0.3) is 0 Å². The number of nitrogens with zero attached hydrogens (tertiary/aromatic N) is 2. The number of methoxy groups -OCH3 is 1. The van der Waals surface area contributed by atoms with Crippen molar-refractivity contribution in [2.24, 2.45) is 5.41 Å². The summed E-state index contributed by atoms with van der Waals surface area (Å²) < 4.78 is 10.3. The van der Waals surface area contributed by atoms with Crippen molar-refractivity contribution in [2.75, 3.05) is 7.11 Å². The first kappa shape index (κ1) is 14.0. The van der Waals surface area contributed by atoms with E-state index >= 15 is 0 Å². The summed E-state index contributed by atoms with van der Waals surface area (Å²) in [5.74, 6) is 0.101. The van der Waals surface area contributed by atoms with Crippen LogP contribution in [0, 0.1) is 5.41 Å². The van der Waals surface area contributed by atoms with E-state index in [1.54, 1.807) is 7.11 Å². The number of aromatic nitrogens is 2. The van der Waals surface area contributed by atoms with Gasteiger partial charge < -0.3 is 14.4 Å². The summed E-state index contributed by atoms with van der Waals surface area (Å²) in [5, 5.41) is 13.3. The van der Waals surface area contributed by atoms with Gasteiger partial charge >= 0.3 is 5.97 Å². The van der Waals surface area contributed by atoms with Crippen molar-refractivity contribution >= 4 is 5.97 Å². The minimum Gasteiger partial charge on any atom is -0.481 e. The number of hydrogen-bond donors (Lipinski definition) is 1. The summed E-state index contributed by atoms with van der Waals surface area (Å²) in [6.45, 7) is 1.82. The van der Waals surface area contributed by atoms with E-state index in [1.165, 1.54) is 0 Å². The van der Waals surface area contributed by atoms with Crippen LogP contribution in [0.1, 0.15) is 56.8 Å². The van der Waals surface area contributed by atoms with E-state index in [0.717, 1.165) is 19.3 Å². The fraction of sp³-hybridized carbons (Fsp3) is 0.769. The van der Waals surface area contributed by atoms with Crippen molar-refractivity contribution in [1.82, 2.24) is 10.1 Å². The molecule has 1 aromatic rings. The lowest BCUT2D eigenvalue weighted by atomic mass is 9.72. The Morgan fingerprint density at radius 1 is 1.47 bits per heavy atom. The highest BCUT2D eigenvalue weighted by molar-refractivity contribution is 5.75. The fourth-order valence-electron chi connectivity index (χ4n) is 2.59.